The summed E-state index contributed by atoms with van der Waals surface area (Å²) in [5.41, 5.74) is 4.12. The fourth-order valence-electron chi connectivity index (χ4n) is 3.20. The summed E-state index contributed by atoms with van der Waals surface area (Å²) >= 11 is 0. The molecule has 0 heterocycles. The van der Waals surface area contributed by atoms with Gasteiger partial charge in [-0.15, -0.1) is 0 Å². The van der Waals surface area contributed by atoms with E-state index in [0.717, 1.165) is 12.0 Å². The van der Waals surface area contributed by atoms with Crippen LogP contribution < -0.4 is 10.6 Å². The van der Waals surface area contributed by atoms with Gasteiger partial charge in [-0.25, -0.2) is 4.79 Å². The van der Waals surface area contributed by atoms with Gasteiger partial charge in [-0.2, -0.15) is 5.26 Å². The van der Waals surface area contributed by atoms with Crippen LogP contribution in [0.3, 0.4) is 0 Å². The van der Waals surface area contributed by atoms with Gasteiger partial charge in [0.25, 0.3) is 0 Å². The SMILES string of the molecule is N#CCc1ccc(NC(=O)NCCC(c2ccccc2)c2ccccc2)cc1. The molecule has 3 aromatic rings. The molecule has 2 amide bonds. The van der Waals surface area contributed by atoms with Gasteiger partial charge in [0.05, 0.1) is 12.5 Å². The minimum Gasteiger partial charge on any atom is -0.338 e. The summed E-state index contributed by atoms with van der Waals surface area (Å²) in [7, 11) is 0. The standard InChI is InChI=1S/C24H23N3O/c25-17-15-19-11-13-22(14-12-19)27-24(28)26-18-16-23(20-7-3-1-4-8-20)21-9-5-2-6-10-21/h1-14,23H,15-16,18H2,(H2,26,27,28). The van der Waals surface area contributed by atoms with Crippen molar-refractivity contribution in [3.8, 4) is 6.07 Å². The number of benzene rings is 3. The molecule has 0 aromatic heterocycles. The van der Waals surface area contributed by atoms with Crippen molar-refractivity contribution < 1.29 is 4.79 Å². The molecule has 2 N–H and O–H groups in total. The van der Waals surface area contributed by atoms with Crippen LogP contribution in [-0.2, 0) is 6.42 Å². The molecule has 0 bridgehead atoms. The molecule has 0 radical (unpaired) electrons. The van der Waals surface area contributed by atoms with Crippen LogP contribution in [0.5, 0.6) is 0 Å². The molecule has 0 atom stereocenters. The highest BCUT2D eigenvalue weighted by Gasteiger charge is 2.14. The van der Waals surface area contributed by atoms with Crippen LogP contribution in [0.25, 0.3) is 0 Å². The zero-order valence-corrected chi connectivity index (χ0v) is 15.6. The summed E-state index contributed by atoms with van der Waals surface area (Å²) in [4.78, 5) is 12.2. The maximum atomic E-state index is 12.2. The molecule has 0 saturated carbocycles. The summed E-state index contributed by atoms with van der Waals surface area (Å²) in [6.07, 6.45) is 1.18. The number of nitriles is 1. The Labute approximate surface area is 165 Å². The number of anilines is 1. The highest BCUT2D eigenvalue weighted by molar-refractivity contribution is 5.89. The molecule has 3 rings (SSSR count). The lowest BCUT2D eigenvalue weighted by atomic mass is 9.88. The third kappa shape index (κ3) is 5.46. The maximum Gasteiger partial charge on any atom is 0.319 e. The van der Waals surface area contributed by atoms with E-state index in [2.05, 4.69) is 41.0 Å². The average Bonchev–Trinajstić information content (AvgIpc) is 2.74. The lowest BCUT2D eigenvalue weighted by molar-refractivity contribution is 0.252. The van der Waals surface area contributed by atoms with Gasteiger partial charge in [0.1, 0.15) is 0 Å². The zero-order chi connectivity index (χ0) is 19.6. The predicted octanol–water partition coefficient (Wildman–Crippen LogP) is 5.10. The summed E-state index contributed by atoms with van der Waals surface area (Å²) in [5, 5.41) is 14.5. The molecular formula is C24H23N3O. The fourth-order valence-corrected chi connectivity index (χ4v) is 3.20. The number of hydrogen-bond donors (Lipinski definition) is 2. The number of amides is 2. The van der Waals surface area contributed by atoms with Crippen LogP contribution in [0.1, 0.15) is 29.0 Å². The van der Waals surface area contributed by atoms with Crippen LogP contribution in [0, 0.1) is 11.3 Å². The third-order valence-corrected chi connectivity index (χ3v) is 4.62. The Balaban J connectivity index is 1.56. The maximum absolute atomic E-state index is 12.2. The Morgan fingerprint density at radius 1 is 0.857 bits per heavy atom. The molecule has 0 spiro atoms. The van der Waals surface area contributed by atoms with Gasteiger partial charge in [0.2, 0.25) is 0 Å². The van der Waals surface area contributed by atoms with E-state index in [1.54, 1.807) is 0 Å². The molecule has 0 aliphatic heterocycles. The molecular weight excluding hydrogens is 346 g/mol. The number of nitrogens with one attached hydrogen (secondary N) is 2. The van der Waals surface area contributed by atoms with Crippen molar-refractivity contribution in [3.63, 3.8) is 0 Å². The zero-order valence-electron chi connectivity index (χ0n) is 15.6. The molecule has 0 saturated heterocycles. The van der Waals surface area contributed by atoms with Crippen molar-refractivity contribution in [2.45, 2.75) is 18.8 Å². The highest BCUT2D eigenvalue weighted by atomic mass is 16.2. The van der Waals surface area contributed by atoms with E-state index < -0.39 is 0 Å². The molecule has 0 fully saturated rings. The Kier molecular flexibility index (Phi) is 6.81. The van der Waals surface area contributed by atoms with Crippen molar-refractivity contribution in [2.24, 2.45) is 0 Å². The number of nitrogens with zero attached hydrogens (tertiary/aromatic N) is 1. The Hall–Kier alpha value is -3.58. The van der Waals surface area contributed by atoms with Crippen molar-refractivity contribution >= 4 is 11.7 Å². The van der Waals surface area contributed by atoms with Crippen molar-refractivity contribution in [3.05, 3.63) is 102 Å². The average molecular weight is 369 g/mol. The van der Waals surface area contributed by atoms with Gasteiger partial charge in [0.15, 0.2) is 0 Å². The van der Waals surface area contributed by atoms with Gasteiger partial charge < -0.3 is 10.6 Å². The van der Waals surface area contributed by atoms with Gasteiger partial charge in [-0.05, 0) is 35.2 Å². The number of hydrogen-bond acceptors (Lipinski definition) is 2. The van der Waals surface area contributed by atoms with E-state index in [0.29, 0.717) is 18.7 Å². The lowest BCUT2D eigenvalue weighted by Gasteiger charge is -2.18. The summed E-state index contributed by atoms with van der Waals surface area (Å²) in [5.74, 6) is 0.230. The van der Waals surface area contributed by atoms with Gasteiger partial charge in [-0.1, -0.05) is 72.8 Å². The minimum absolute atomic E-state index is 0.229. The second-order valence-electron chi connectivity index (χ2n) is 6.58. The van der Waals surface area contributed by atoms with Crippen LogP contribution in [-0.4, -0.2) is 12.6 Å². The monoisotopic (exact) mass is 369 g/mol. The van der Waals surface area contributed by atoms with E-state index in [1.165, 1.54) is 11.1 Å². The second kappa shape index (κ2) is 9.94. The van der Waals surface area contributed by atoms with Crippen LogP contribution >= 0.6 is 0 Å². The smallest absolute Gasteiger partial charge is 0.319 e. The predicted molar refractivity (Wildman–Crippen MR) is 112 cm³/mol. The van der Waals surface area contributed by atoms with Crippen molar-refractivity contribution in [1.82, 2.24) is 5.32 Å². The summed E-state index contributed by atoms with van der Waals surface area (Å²) in [6.45, 7) is 0.562. The van der Waals surface area contributed by atoms with Crippen LogP contribution in [0.15, 0.2) is 84.9 Å². The number of carbonyl (C=O) groups is 1. The van der Waals surface area contributed by atoms with Crippen LogP contribution in [0.4, 0.5) is 10.5 Å². The highest BCUT2D eigenvalue weighted by Crippen LogP contribution is 2.27. The normalized spacial score (nSPS) is 10.3. The first-order chi connectivity index (χ1) is 13.8. The summed E-state index contributed by atoms with van der Waals surface area (Å²) < 4.78 is 0. The summed E-state index contributed by atoms with van der Waals surface area (Å²) in [6, 6.07) is 29.9. The lowest BCUT2D eigenvalue weighted by Crippen LogP contribution is -2.30. The molecule has 0 aliphatic carbocycles. The largest absolute Gasteiger partial charge is 0.338 e. The molecule has 3 aromatic carbocycles. The first-order valence-corrected chi connectivity index (χ1v) is 9.37. The number of rotatable bonds is 7. The third-order valence-electron chi connectivity index (χ3n) is 4.62. The van der Waals surface area contributed by atoms with Gasteiger partial charge >= 0.3 is 6.03 Å². The van der Waals surface area contributed by atoms with E-state index >= 15 is 0 Å². The Morgan fingerprint density at radius 2 is 1.43 bits per heavy atom. The number of urea groups is 1. The molecule has 4 nitrogen and oxygen atoms in total. The minimum atomic E-state index is -0.229. The topological polar surface area (TPSA) is 64.9 Å². The van der Waals surface area contributed by atoms with Crippen LogP contribution in [0.2, 0.25) is 0 Å². The molecule has 0 unspecified atom stereocenters. The van der Waals surface area contributed by atoms with E-state index in [9.17, 15) is 4.79 Å². The quantitative estimate of drug-likeness (QED) is 0.609. The van der Waals surface area contributed by atoms with Gasteiger partial charge in [-0.3, -0.25) is 0 Å². The molecule has 140 valence electrons. The fraction of sp³-hybridized carbons (Fsp3) is 0.167. The number of carbonyl (C=O) groups excluding carboxylic acids is 1. The second-order valence-corrected chi connectivity index (χ2v) is 6.58. The molecule has 28 heavy (non-hydrogen) atoms. The molecule has 0 aliphatic rings. The van der Waals surface area contributed by atoms with Gasteiger partial charge in [0, 0.05) is 18.2 Å². The first-order valence-electron chi connectivity index (χ1n) is 9.37. The Morgan fingerprint density at radius 3 is 1.96 bits per heavy atom. The van der Waals surface area contributed by atoms with E-state index in [-0.39, 0.29) is 11.9 Å². The molecule has 4 heteroatoms. The van der Waals surface area contributed by atoms with E-state index in [4.69, 9.17) is 5.26 Å². The van der Waals surface area contributed by atoms with Crippen molar-refractivity contribution in [2.75, 3.05) is 11.9 Å². The first kappa shape index (κ1) is 19.2. The Bertz CT molecular complexity index is 876. The van der Waals surface area contributed by atoms with Crippen molar-refractivity contribution in [1.29, 1.82) is 5.26 Å². The van der Waals surface area contributed by atoms with E-state index in [1.807, 2.05) is 60.7 Å².